The average molecular weight is 321 g/mol. The van der Waals surface area contributed by atoms with Crippen LogP contribution in [0.1, 0.15) is 16.5 Å². The largest absolute Gasteiger partial charge is 0.493 e. The molecule has 0 spiro atoms. The maximum absolute atomic E-state index is 5.40. The van der Waals surface area contributed by atoms with Crippen LogP contribution in [0.5, 0.6) is 11.5 Å². The first-order valence-corrected chi connectivity index (χ1v) is 7.91. The molecule has 120 valence electrons. The SMILES string of the molecule is COc1ccc(C(CNc2ncc(C)s2)N(C)C)cc1OC. The van der Waals surface area contributed by atoms with E-state index in [2.05, 4.69) is 42.3 Å². The van der Waals surface area contributed by atoms with Crippen molar-refractivity contribution in [2.24, 2.45) is 0 Å². The Balaban J connectivity index is 2.16. The van der Waals surface area contributed by atoms with E-state index in [1.165, 1.54) is 10.4 Å². The summed E-state index contributed by atoms with van der Waals surface area (Å²) in [5.41, 5.74) is 1.17. The van der Waals surface area contributed by atoms with Crippen molar-refractivity contribution in [3.8, 4) is 11.5 Å². The van der Waals surface area contributed by atoms with Gasteiger partial charge >= 0.3 is 0 Å². The second-order valence-corrected chi connectivity index (χ2v) is 6.49. The number of anilines is 1. The average Bonchev–Trinajstić information content (AvgIpc) is 2.92. The summed E-state index contributed by atoms with van der Waals surface area (Å²) in [5.74, 6) is 1.49. The topological polar surface area (TPSA) is 46.6 Å². The maximum Gasteiger partial charge on any atom is 0.182 e. The lowest BCUT2D eigenvalue weighted by molar-refractivity contribution is 0.308. The molecule has 0 fully saturated rings. The lowest BCUT2D eigenvalue weighted by atomic mass is 10.1. The van der Waals surface area contributed by atoms with E-state index in [-0.39, 0.29) is 6.04 Å². The van der Waals surface area contributed by atoms with E-state index in [1.54, 1.807) is 25.6 Å². The number of thiazole rings is 1. The van der Waals surface area contributed by atoms with Gasteiger partial charge in [-0.2, -0.15) is 0 Å². The molecule has 5 nitrogen and oxygen atoms in total. The van der Waals surface area contributed by atoms with Crippen LogP contribution in [0.25, 0.3) is 0 Å². The van der Waals surface area contributed by atoms with E-state index in [4.69, 9.17) is 9.47 Å². The minimum Gasteiger partial charge on any atom is -0.493 e. The van der Waals surface area contributed by atoms with Crippen molar-refractivity contribution < 1.29 is 9.47 Å². The number of nitrogens with zero attached hydrogens (tertiary/aromatic N) is 2. The molecule has 0 saturated carbocycles. The van der Waals surface area contributed by atoms with E-state index in [9.17, 15) is 0 Å². The first-order chi connectivity index (χ1) is 10.5. The molecule has 1 aromatic heterocycles. The van der Waals surface area contributed by atoms with Crippen LogP contribution in [0.3, 0.4) is 0 Å². The number of methoxy groups -OCH3 is 2. The molecular weight excluding hydrogens is 298 g/mol. The fourth-order valence-electron chi connectivity index (χ4n) is 2.28. The molecule has 22 heavy (non-hydrogen) atoms. The van der Waals surface area contributed by atoms with Crippen molar-refractivity contribution in [3.63, 3.8) is 0 Å². The Bertz CT molecular complexity index is 613. The third kappa shape index (κ3) is 3.90. The lowest BCUT2D eigenvalue weighted by Crippen LogP contribution is -2.26. The van der Waals surface area contributed by atoms with Gasteiger partial charge in [0, 0.05) is 17.6 Å². The molecule has 0 bridgehead atoms. The smallest absolute Gasteiger partial charge is 0.182 e. The zero-order valence-electron chi connectivity index (χ0n) is 13.7. The summed E-state index contributed by atoms with van der Waals surface area (Å²) in [6.45, 7) is 2.83. The zero-order chi connectivity index (χ0) is 16.1. The van der Waals surface area contributed by atoms with Crippen molar-refractivity contribution >= 4 is 16.5 Å². The van der Waals surface area contributed by atoms with Crippen LogP contribution >= 0.6 is 11.3 Å². The first-order valence-electron chi connectivity index (χ1n) is 7.09. The van der Waals surface area contributed by atoms with Crippen molar-refractivity contribution in [1.29, 1.82) is 0 Å². The summed E-state index contributed by atoms with van der Waals surface area (Å²) >= 11 is 1.66. The van der Waals surface area contributed by atoms with Gasteiger partial charge < -0.3 is 19.7 Å². The third-order valence-electron chi connectivity index (χ3n) is 3.48. The van der Waals surface area contributed by atoms with Crippen molar-refractivity contribution in [1.82, 2.24) is 9.88 Å². The first kappa shape index (κ1) is 16.6. The third-order valence-corrected chi connectivity index (χ3v) is 4.35. The molecule has 1 atom stereocenters. The van der Waals surface area contributed by atoms with Gasteiger partial charge in [-0.05, 0) is 38.7 Å². The molecule has 1 heterocycles. The van der Waals surface area contributed by atoms with E-state index in [0.29, 0.717) is 0 Å². The molecule has 0 saturated heterocycles. The molecule has 0 amide bonds. The second kappa shape index (κ2) is 7.47. The van der Waals surface area contributed by atoms with Crippen molar-refractivity contribution in [2.75, 3.05) is 40.2 Å². The second-order valence-electron chi connectivity index (χ2n) is 5.25. The predicted octanol–water partition coefficient (Wildman–Crippen LogP) is 3.18. The van der Waals surface area contributed by atoms with E-state index in [0.717, 1.165) is 23.2 Å². The summed E-state index contributed by atoms with van der Waals surface area (Å²) in [7, 11) is 7.43. The minimum atomic E-state index is 0.212. The molecule has 1 unspecified atom stereocenters. The number of benzene rings is 1. The van der Waals surface area contributed by atoms with Gasteiger partial charge in [0.15, 0.2) is 16.6 Å². The zero-order valence-corrected chi connectivity index (χ0v) is 14.5. The molecule has 2 aromatic rings. The molecule has 1 aromatic carbocycles. The van der Waals surface area contributed by atoms with Gasteiger partial charge in [0.2, 0.25) is 0 Å². The molecular formula is C16H23N3O2S. The molecule has 0 aliphatic rings. The Morgan fingerprint density at radius 3 is 2.50 bits per heavy atom. The number of hydrogen-bond donors (Lipinski definition) is 1. The van der Waals surface area contributed by atoms with Gasteiger partial charge in [-0.3, -0.25) is 0 Å². The van der Waals surface area contributed by atoms with Gasteiger partial charge in [-0.25, -0.2) is 4.98 Å². The fourth-order valence-corrected chi connectivity index (χ4v) is 2.95. The normalized spacial score (nSPS) is 12.3. The van der Waals surface area contributed by atoms with Crippen LogP contribution in [0.4, 0.5) is 5.13 Å². The maximum atomic E-state index is 5.40. The quantitative estimate of drug-likeness (QED) is 0.848. The highest BCUT2D eigenvalue weighted by molar-refractivity contribution is 7.15. The van der Waals surface area contributed by atoms with E-state index < -0.39 is 0 Å². The Kier molecular flexibility index (Phi) is 5.63. The molecule has 0 aliphatic heterocycles. The Hall–Kier alpha value is -1.79. The summed E-state index contributed by atoms with van der Waals surface area (Å²) in [6.07, 6.45) is 1.88. The van der Waals surface area contributed by atoms with Gasteiger partial charge in [0.1, 0.15) is 0 Å². The van der Waals surface area contributed by atoms with Crippen molar-refractivity contribution in [3.05, 3.63) is 34.8 Å². The molecule has 2 rings (SSSR count). The Labute approximate surface area is 135 Å². The van der Waals surface area contributed by atoms with E-state index in [1.807, 2.05) is 18.3 Å². The number of ether oxygens (including phenoxy) is 2. The van der Waals surface area contributed by atoms with Crippen LogP contribution in [0.15, 0.2) is 24.4 Å². The van der Waals surface area contributed by atoms with Gasteiger partial charge in [0.25, 0.3) is 0 Å². The minimum absolute atomic E-state index is 0.212. The Morgan fingerprint density at radius 1 is 1.23 bits per heavy atom. The number of rotatable bonds is 7. The number of hydrogen-bond acceptors (Lipinski definition) is 6. The lowest BCUT2D eigenvalue weighted by Gasteiger charge is -2.25. The molecule has 6 heteroatoms. The Morgan fingerprint density at radius 2 is 1.95 bits per heavy atom. The van der Waals surface area contributed by atoms with Crippen LogP contribution in [0.2, 0.25) is 0 Å². The molecule has 1 N–H and O–H groups in total. The van der Waals surface area contributed by atoms with Crippen molar-refractivity contribution in [2.45, 2.75) is 13.0 Å². The highest BCUT2D eigenvalue weighted by Crippen LogP contribution is 2.31. The van der Waals surface area contributed by atoms with Crippen LogP contribution in [-0.4, -0.2) is 44.7 Å². The number of likely N-dealkylation sites (N-methyl/N-ethyl adjacent to an activating group) is 1. The highest BCUT2D eigenvalue weighted by atomic mass is 32.1. The van der Waals surface area contributed by atoms with Gasteiger partial charge in [-0.1, -0.05) is 6.07 Å². The monoisotopic (exact) mass is 321 g/mol. The fraction of sp³-hybridized carbons (Fsp3) is 0.438. The summed E-state index contributed by atoms with van der Waals surface area (Å²) in [6, 6.07) is 6.25. The summed E-state index contributed by atoms with van der Waals surface area (Å²) < 4.78 is 10.7. The molecule has 0 aliphatic carbocycles. The number of aryl methyl sites for hydroxylation is 1. The van der Waals surface area contributed by atoms with Gasteiger partial charge in [-0.15, -0.1) is 11.3 Å². The van der Waals surface area contributed by atoms with Crippen LogP contribution in [0, 0.1) is 6.92 Å². The highest BCUT2D eigenvalue weighted by Gasteiger charge is 2.17. The van der Waals surface area contributed by atoms with Crippen LogP contribution in [-0.2, 0) is 0 Å². The summed E-state index contributed by atoms with van der Waals surface area (Å²) in [4.78, 5) is 7.73. The summed E-state index contributed by atoms with van der Waals surface area (Å²) in [5, 5.41) is 4.35. The van der Waals surface area contributed by atoms with Crippen LogP contribution < -0.4 is 14.8 Å². The number of nitrogens with one attached hydrogen (secondary N) is 1. The predicted molar refractivity (Wildman–Crippen MR) is 91.3 cm³/mol. The number of aromatic nitrogens is 1. The molecule has 0 radical (unpaired) electrons. The van der Waals surface area contributed by atoms with E-state index >= 15 is 0 Å². The van der Waals surface area contributed by atoms with Gasteiger partial charge in [0.05, 0.1) is 20.3 Å². The standard InChI is InChI=1S/C16H23N3O2S/c1-11-9-17-16(22-11)18-10-13(19(2)3)12-6-7-14(20-4)15(8-12)21-5/h6-9,13H,10H2,1-5H3,(H,17,18).